The van der Waals surface area contributed by atoms with E-state index < -0.39 is 5.97 Å². The maximum absolute atomic E-state index is 12.9. The highest BCUT2D eigenvalue weighted by Crippen LogP contribution is 2.60. The van der Waals surface area contributed by atoms with Gasteiger partial charge in [-0.15, -0.1) is 0 Å². The summed E-state index contributed by atoms with van der Waals surface area (Å²) in [5.74, 6) is 3.01. The van der Waals surface area contributed by atoms with E-state index in [1.54, 1.807) is 32.4 Å². The number of methoxy groups -OCH3 is 2. The standard InChI is InChI=1S/C23H28O5/c1-26-19-5-3-18(20(10-19)27-2)4-6-22(25)28-14-21(24)23-11-15-7-16(12-23)9-17(8-15)13-23/h3-6,10,15-17H,7-9,11-14H2,1-2H3/b6-4+. The molecule has 4 fully saturated rings. The maximum Gasteiger partial charge on any atom is 0.331 e. The Morgan fingerprint density at radius 1 is 1.04 bits per heavy atom. The Balaban J connectivity index is 1.35. The monoisotopic (exact) mass is 384 g/mol. The molecule has 0 unspecified atom stereocenters. The van der Waals surface area contributed by atoms with Gasteiger partial charge >= 0.3 is 5.97 Å². The lowest BCUT2D eigenvalue weighted by Crippen LogP contribution is -2.51. The minimum absolute atomic E-state index is 0.116. The molecule has 0 aliphatic heterocycles. The zero-order valence-corrected chi connectivity index (χ0v) is 16.6. The number of ketones is 1. The van der Waals surface area contributed by atoms with Crippen LogP contribution in [0.3, 0.4) is 0 Å². The number of hydrogen-bond donors (Lipinski definition) is 0. The van der Waals surface area contributed by atoms with Crippen LogP contribution in [0.5, 0.6) is 11.5 Å². The molecular weight excluding hydrogens is 356 g/mol. The average Bonchev–Trinajstić information content (AvgIpc) is 2.69. The number of esters is 1. The summed E-state index contributed by atoms with van der Waals surface area (Å²) < 4.78 is 15.8. The predicted molar refractivity (Wildman–Crippen MR) is 105 cm³/mol. The quantitative estimate of drug-likeness (QED) is 0.524. The van der Waals surface area contributed by atoms with Crippen molar-refractivity contribution < 1.29 is 23.8 Å². The van der Waals surface area contributed by atoms with Crippen molar-refractivity contribution in [2.45, 2.75) is 38.5 Å². The molecule has 0 atom stereocenters. The Bertz CT molecular complexity index is 759. The smallest absolute Gasteiger partial charge is 0.331 e. The maximum atomic E-state index is 12.9. The number of ether oxygens (including phenoxy) is 3. The van der Waals surface area contributed by atoms with Crippen LogP contribution in [0, 0.1) is 23.2 Å². The molecule has 0 spiro atoms. The Morgan fingerprint density at radius 2 is 1.68 bits per heavy atom. The first-order valence-corrected chi connectivity index (χ1v) is 10.1. The highest BCUT2D eigenvalue weighted by Gasteiger charge is 2.54. The average molecular weight is 384 g/mol. The Morgan fingerprint density at radius 3 is 2.25 bits per heavy atom. The number of carbonyl (C=O) groups is 2. The molecule has 0 N–H and O–H groups in total. The van der Waals surface area contributed by atoms with E-state index in [0.717, 1.165) is 24.8 Å². The molecule has 5 nitrogen and oxygen atoms in total. The first kappa shape index (κ1) is 19.0. The van der Waals surface area contributed by atoms with E-state index in [1.165, 1.54) is 25.3 Å². The second-order valence-corrected chi connectivity index (χ2v) is 8.67. The van der Waals surface area contributed by atoms with Crippen LogP contribution in [0.25, 0.3) is 6.08 Å². The first-order chi connectivity index (χ1) is 13.5. The molecule has 4 aliphatic carbocycles. The second-order valence-electron chi connectivity index (χ2n) is 8.67. The largest absolute Gasteiger partial charge is 0.497 e. The molecule has 1 aromatic carbocycles. The van der Waals surface area contributed by atoms with E-state index in [4.69, 9.17) is 14.2 Å². The minimum Gasteiger partial charge on any atom is -0.497 e. The summed E-state index contributed by atoms with van der Waals surface area (Å²) in [7, 11) is 3.15. The van der Waals surface area contributed by atoms with Crippen LogP contribution in [0.4, 0.5) is 0 Å². The summed E-state index contributed by atoms with van der Waals surface area (Å²) in [4.78, 5) is 25.1. The zero-order valence-electron chi connectivity index (χ0n) is 16.6. The van der Waals surface area contributed by atoms with Gasteiger partial charge in [0.1, 0.15) is 11.5 Å². The van der Waals surface area contributed by atoms with Gasteiger partial charge in [0, 0.05) is 23.1 Å². The lowest BCUT2D eigenvalue weighted by atomic mass is 9.48. The molecule has 150 valence electrons. The Kier molecular flexibility index (Phi) is 5.17. The number of carbonyl (C=O) groups excluding carboxylic acids is 2. The molecule has 28 heavy (non-hydrogen) atoms. The molecule has 0 saturated heterocycles. The molecule has 4 aliphatic rings. The van der Waals surface area contributed by atoms with Crippen LogP contribution in [-0.4, -0.2) is 32.6 Å². The highest BCUT2D eigenvalue weighted by atomic mass is 16.5. The fourth-order valence-corrected chi connectivity index (χ4v) is 5.90. The van der Waals surface area contributed by atoms with E-state index in [2.05, 4.69) is 0 Å². The number of rotatable bonds is 7. The van der Waals surface area contributed by atoms with E-state index in [0.29, 0.717) is 29.3 Å². The Hall–Kier alpha value is -2.30. The van der Waals surface area contributed by atoms with E-state index >= 15 is 0 Å². The van der Waals surface area contributed by atoms with Crippen LogP contribution < -0.4 is 9.47 Å². The predicted octanol–water partition coefficient (Wildman–Crippen LogP) is 4.05. The van der Waals surface area contributed by atoms with Crippen molar-refractivity contribution >= 4 is 17.8 Å². The van der Waals surface area contributed by atoms with Gasteiger partial charge in [0.25, 0.3) is 0 Å². The van der Waals surface area contributed by atoms with Gasteiger partial charge in [0.2, 0.25) is 0 Å². The summed E-state index contributed by atoms with van der Waals surface area (Å²) in [6.45, 7) is -0.116. The fourth-order valence-electron chi connectivity index (χ4n) is 5.90. The lowest BCUT2D eigenvalue weighted by Gasteiger charge is -2.55. The number of Topliss-reactive ketones (excluding diaryl/α,β-unsaturated/α-hetero) is 1. The van der Waals surface area contributed by atoms with E-state index in [1.807, 2.05) is 6.07 Å². The van der Waals surface area contributed by atoms with Gasteiger partial charge in [0.05, 0.1) is 14.2 Å². The third kappa shape index (κ3) is 3.67. The van der Waals surface area contributed by atoms with Gasteiger partial charge < -0.3 is 14.2 Å². The van der Waals surface area contributed by atoms with Crippen LogP contribution in [0.1, 0.15) is 44.1 Å². The van der Waals surface area contributed by atoms with Crippen LogP contribution in [0.15, 0.2) is 24.3 Å². The van der Waals surface area contributed by atoms with E-state index in [-0.39, 0.29) is 17.8 Å². The normalized spacial score (nSPS) is 30.4. The molecule has 5 rings (SSSR count). The van der Waals surface area contributed by atoms with Crippen LogP contribution in [0.2, 0.25) is 0 Å². The van der Waals surface area contributed by atoms with Crippen molar-refractivity contribution in [1.29, 1.82) is 0 Å². The van der Waals surface area contributed by atoms with Crippen LogP contribution >= 0.6 is 0 Å². The summed E-state index contributed by atoms with van der Waals surface area (Å²) in [6.07, 6.45) is 9.83. The van der Waals surface area contributed by atoms with Gasteiger partial charge in [-0.1, -0.05) is 0 Å². The second kappa shape index (κ2) is 7.61. The highest BCUT2D eigenvalue weighted by molar-refractivity contribution is 5.92. The minimum atomic E-state index is -0.504. The summed E-state index contributed by atoms with van der Waals surface area (Å²) in [5.41, 5.74) is 0.519. The lowest BCUT2D eigenvalue weighted by molar-refractivity contribution is -0.155. The van der Waals surface area contributed by atoms with Crippen molar-refractivity contribution in [3.8, 4) is 11.5 Å². The molecule has 0 radical (unpaired) electrons. The van der Waals surface area contributed by atoms with Crippen molar-refractivity contribution in [2.75, 3.05) is 20.8 Å². The van der Waals surface area contributed by atoms with Crippen LogP contribution in [-0.2, 0) is 14.3 Å². The third-order valence-electron chi connectivity index (χ3n) is 6.81. The van der Waals surface area contributed by atoms with Gasteiger partial charge in [-0.25, -0.2) is 4.79 Å². The Labute approximate surface area is 166 Å². The van der Waals surface area contributed by atoms with Crippen molar-refractivity contribution in [3.63, 3.8) is 0 Å². The zero-order chi connectivity index (χ0) is 19.7. The SMILES string of the molecule is COc1ccc(/C=C/C(=O)OCC(=O)C23CC4CC(CC(C4)C2)C3)c(OC)c1. The first-order valence-electron chi connectivity index (χ1n) is 10.1. The fraction of sp³-hybridized carbons (Fsp3) is 0.565. The van der Waals surface area contributed by atoms with E-state index in [9.17, 15) is 9.59 Å². The molecule has 4 bridgehead atoms. The summed E-state index contributed by atoms with van der Waals surface area (Å²) in [5, 5.41) is 0. The molecular formula is C23H28O5. The summed E-state index contributed by atoms with van der Waals surface area (Å²) in [6, 6.07) is 5.35. The molecule has 4 saturated carbocycles. The molecule has 0 amide bonds. The molecule has 5 heteroatoms. The molecule has 1 aromatic rings. The van der Waals surface area contributed by atoms with Crippen molar-refractivity contribution in [2.24, 2.45) is 23.2 Å². The molecule has 0 heterocycles. The summed E-state index contributed by atoms with van der Waals surface area (Å²) >= 11 is 0. The van der Waals surface area contributed by atoms with Gasteiger partial charge in [-0.05, 0) is 74.5 Å². The molecule has 0 aromatic heterocycles. The van der Waals surface area contributed by atoms with Gasteiger partial charge in [-0.3, -0.25) is 4.79 Å². The number of benzene rings is 1. The third-order valence-corrected chi connectivity index (χ3v) is 6.81. The number of hydrogen-bond acceptors (Lipinski definition) is 5. The van der Waals surface area contributed by atoms with Gasteiger partial charge in [0.15, 0.2) is 12.4 Å². The van der Waals surface area contributed by atoms with Crippen molar-refractivity contribution in [1.82, 2.24) is 0 Å². The van der Waals surface area contributed by atoms with Crippen molar-refractivity contribution in [3.05, 3.63) is 29.8 Å². The topological polar surface area (TPSA) is 61.8 Å². The van der Waals surface area contributed by atoms with Gasteiger partial charge in [-0.2, -0.15) is 0 Å².